The number of nitrogens with one attached hydrogen (secondary N) is 1. The monoisotopic (exact) mass is 257 g/mol. The van der Waals surface area contributed by atoms with Crippen LogP contribution in [0.2, 0.25) is 0 Å². The maximum Gasteiger partial charge on any atom is 0.261 e. The summed E-state index contributed by atoms with van der Waals surface area (Å²) in [5, 5.41) is 4.09. The van der Waals surface area contributed by atoms with Crippen molar-refractivity contribution in [2.45, 2.75) is 32.7 Å². The Hall–Kier alpha value is -1.68. The fraction of sp³-hybridized carbons (Fsp3) is 0.467. The molecule has 100 valence electrons. The second kappa shape index (κ2) is 4.78. The Morgan fingerprint density at radius 2 is 2.21 bits per heavy atom. The number of rotatable bonds is 1. The van der Waals surface area contributed by atoms with Gasteiger partial charge in [-0.1, -0.05) is 6.07 Å². The van der Waals surface area contributed by atoms with E-state index in [1.165, 1.54) is 0 Å². The van der Waals surface area contributed by atoms with E-state index < -0.39 is 0 Å². The first-order valence-corrected chi connectivity index (χ1v) is 6.85. The lowest BCUT2D eigenvalue weighted by molar-refractivity contribution is 0.363. The van der Waals surface area contributed by atoms with Crippen molar-refractivity contribution in [1.82, 2.24) is 14.9 Å². The summed E-state index contributed by atoms with van der Waals surface area (Å²) in [7, 11) is 0. The normalized spacial score (nSPS) is 19.8. The Morgan fingerprint density at radius 3 is 2.95 bits per heavy atom. The fourth-order valence-electron chi connectivity index (χ4n) is 2.94. The van der Waals surface area contributed by atoms with Crippen molar-refractivity contribution in [3.05, 3.63) is 39.9 Å². The lowest BCUT2D eigenvalue weighted by atomic mass is 10.1. The number of piperidine rings is 1. The SMILES string of the molecule is Cc1cc(C)c2ncn(C3CCCNC3)c(=O)c2c1. The number of fused-ring (bicyclic) bond motifs is 1. The molecule has 0 bridgehead atoms. The van der Waals surface area contributed by atoms with Gasteiger partial charge in [-0.05, 0) is 50.4 Å². The highest BCUT2D eigenvalue weighted by Crippen LogP contribution is 2.18. The standard InChI is InChI=1S/C15H19N3O/c1-10-6-11(2)14-13(7-10)15(19)18(9-17-14)12-4-3-5-16-8-12/h6-7,9,12,16H,3-5,8H2,1-2H3. The molecule has 2 aromatic rings. The summed E-state index contributed by atoms with van der Waals surface area (Å²) in [4.78, 5) is 17.1. The van der Waals surface area contributed by atoms with Gasteiger partial charge >= 0.3 is 0 Å². The Morgan fingerprint density at radius 1 is 1.37 bits per heavy atom. The predicted octanol–water partition coefficient (Wildman–Crippen LogP) is 1.94. The van der Waals surface area contributed by atoms with Crippen LogP contribution in [0.3, 0.4) is 0 Å². The summed E-state index contributed by atoms with van der Waals surface area (Å²) in [6.45, 7) is 5.93. The molecular weight excluding hydrogens is 238 g/mol. The van der Waals surface area contributed by atoms with Crippen LogP contribution in [0.4, 0.5) is 0 Å². The van der Waals surface area contributed by atoms with Crippen LogP contribution < -0.4 is 10.9 Å². The molecule has 19 heavy (non-hydrogen) atoms. The van der Waals surface area contributed by atoms with E-state index in [-0.39, 0.29) is 11.6 Å². The van der Waals surface area contributed by atoms with E-state index in [4.69, 9.17) is 0 Å². The van der Waals surface area contributed by atoms with E-state index in [2.05, 4.69) is 16.4 Å². The highest BCUT2D eigenvalue weighted by atomic mass is 16.1. The van der Waals surface area contributed by atoms with Gasteiger partial charge in [0.1, 0.15) is 0 Å². The molecule has 4 heteroatoms. The van der Waals surface area contributed by atoms with Gasteiger partial charge in [0.05, 0.1) is 23.3 Å². The van der Waals surface area contributed by atoms with E-state index in [0.717, 1.165) is 48.0 Å². The first-order valence-electron chi connectivity index (χ1n) is 6.85. The minimum atomic E-state index is 0.0884. The highest BCUT2D eigenvalue weighted by molar-refractivity contribution is 5.81. The largest absolute Gasteiger partial charge is 0.315 e. The fourth-order valence-corrected chi connectivity index (χ4v) is 2.94. The van der Waals surface area contributed by atoms with Gasteiger partial charge in [-0.3, -0.25) is 9.36 Å². The maximum absolute atomic E-state index is 12.6. The third-order valence-corrected chi connectivity index (χ3v) is 3.89. The first kappa shape index (κ1) is 12.4. The molecule has 3 rings (SSSR count). The number of nitrogens with zero attached hydrogens (tertiary/aromatic N) is 2. The lowest BCUT2D eigenvalue weighted by Gasteiger charge is -2.24. The Bertz CT molecular complexity index is 669. The molecule has 0 aliphatic carbocycles. The Labute approximate surface area is 112 Å². The first-order chi connectivity index (χ1) is 9.16. The number of aryl methyl sites for hydroxylation is 2. The third-order valence-electron chi connectivity index (χ3n) is 3.89. The molecular formula is C15H19N3O. The predicted molar refractivity (Wildman–Crippen MR) is 76.6 cm³/mol. The molecule has 1 aromatic carbocycles. The van der Waals surface area contributed by atoms with Gasteiger partial charge < -0.3 is 5.32 Å². The van der Waals surface area contributed by atoms with Gasteiger partial charge in [0.15, 0.2) is 0 Å². The zero-order chi connectivity index (χ0) is 13.4. The molecule has 0 amide bonds. The average molecular weight is 257 g/mol. The summed E-state index contributed by atoms with van der Waals surface area (Å²) in [6, 6.07) is 4.25. The van der Waals surface area contributed by atoms with Gasteiger partial charge in [0, 0.05) is 6.54 Å². The summed E-state index contributed by atoms with van der Waals surface area (Å²) >= 11 is 0. The van der Waals surface area contributed by atoms with Crippen LogP contribution in [0.1, 0.15) is 30.0 Å². The minimum absolute atomic E-state index is 0.0884. The zero-order valence-corrected chi connectivity index (χ0v) is 11.4. The summed E-state index contributed by atoms with van der Waals surface area (Å²) in [6.07, 6.45) is 3.87. The van der Waals surface area contributed by atoms with Crippen molar-refractivity contribution < 1.29 is 0 Å². The molecule has 2 heterocycles. The molecule has 4 nitrogen and oxygen atoms in total. The van der Waals surface area contributed by atoms with Crippen molar-refractivity contribution in [3.8, 4) is 0 Å². The molecule has 0 radical (unpaired) electrons. The summed E-state index contributed by atoms with van der Waals surface area (Å²) in [5.41, 5.74) is 3.10. The van der Waals surface area contributed by atoms with E-state index in [0.29, 0.717) is 0 Å². The smallest absolute Gasteiger partial charge is 0.261 e. The van der Waals surface area contributed by atoms with Crippen LogP contribution >= 0.6 is 0 Å². The molecule has 0 spiro atoms. The Kier molecular flexibility index (Phi) is 3.11. The van der Waals surface area contributed by atoms with Crippen LogP contribution in [-0.4, -0.2) is 22.6 Å². The third kappa shape index (κ3) is 2.16. The molecule has 1 fully saturated rings. The quantitative estimate of drug-likeness (QED) is 0.849. The molecule has 1 saturated heterocycles. The van der Waals surface area contributed by atoms with Gasteiger partial charge in [-0.15, -0.1) is 0 Å². The van der Waals surface area contributed by atoms with Gasteiger partial charge in [0.25, 0.3) is 5.56 Å². The average Bonchev–Trinajstić information content (AvgIpc) is 2.41. The summed E-state index contributed by atoms with van der Waals surface area (Å²) in [5.74, 6) is 0. The van der Waals surface area contributed by atoms with E-state index >= 15 is 0 Å². The molecule has 1 N–H and O–H groups in total. The van der Waals surface area contributed by atoms with Crippen LogP contribution in [0.25, 0.3) is 10.9 Å². The lowest BCUT2D eigenvalue weighted by Crippen LogP contribution is -2.36. The van der Waals surface area contributed by atoms with Crippen molar-refractivity contribution in [2.24, 2.45) is 0 Å². The second-order valence-electron chi connectivity index (χ2n) is 5.44. The van der Waals surface area contributed by atoms with Crippen LogP contribution in [0, 0.1) is 13.8 Å². The maximum atomic E-state index is 12.6. The van der Waals surface area contributed by atoms with Crippen molar-refractivity contribution in [3.63, 3.8) is 0 Å². The van der Waals surface area contributed by atoms with Crippen molar-refractivity contribution >= 4 is 10.9 Å². The molecule has 0 saturated carbocycles. The van der Waals surface area contributed by atoms with Crippen LogP contribution in [-0.2, 0) is 0 Å². The highest BCUT2D eigenvalue weighted by Gasteiger charge is 2.17. The minimum Gasteiger partial charge on any atom is -0.315 e. The van der Waals surface area contributed by atoms with Gasteiger partial charge in [-0.25, -0.2) is 4.98 Å². The van der Waals surface area contributed by atoms with Gasteiger partial charge in [0.2, 0.25) is 0 Å². The molecule has 1 aliphatic rings. The van der Waals surface area contributed by atoms with E-state index in [1.807, 2.05) is 19.9 Å². The van der Waals surface area contributed by atoms with Gasteiger partial charge in [-0.2, -0.15) is 0 Å². The summed E-state index contributed by atoms with van der Waals surface area (Å²) < 4.78 is 1.80. The zero-order valence-electron chi connectivity index (χ0n) is 11.4. The van der Waals surface area contributed by atoms with Crippen molar-refractivity contribution in [1.29, 1.82) is 0 Å². The van der Waals surface area contributed by atoms with Crippen LogP contribution in [0.15, 0.2) is 23.3 Å². The number of hydrogen-bond donors (Lipinski definition) is 1. The van der Waals surface area contributed by atoms with Crippen molar-refractivity contribution in [2.75, 3.05) is 13.1 Å². The molecule has 1 atom stereocenters. The van der Waals surface area contributed by atoms with E-state index in [9.17, 15) is 4.79 Å². The number of aromatic nitrogens is 2. The topological polar surface area (TPSA) is 46.9 Å². The number of hydrogen-bond acceptors (Lipinski definition) is 3. The molecule has 1 aromatic heterocycles. The van der Waals surface area contributed by atoms with E-state index in [1.54, 1.807) is 10.9 Å². The molecule has 1 aliphatic heterocycles. The second-order valence-corrected chi connectivity index (χ2v) is 5.44. The Balaban J connectivity index is 2.17. The molecule has 1 unspecified atom stereocenters. The van der Waals surface area contributed by atoms with Crippen LogP contribution in [0.5, 0.6) is 0 Å². The number of benzene rings is 1.